The Hall–Kier alpha value is -1.25. The van der Waals surface area contributed by atoms with Gasteiger partial charge in [-0.1, -0.05) is 6.58 Å². The molecule has 0 spiro atoms. The maximum Gasteiger partial charge on any atom is 0.243 e. The first-order valence-electron chi connectivity index (χ1n) is 2.50. The van der Waals surface area contributed by atoms with E-state index < -0.39 is 0 Å². The van der Waals surface area contributed by atoms with E-state index in [9.17, 15) is 4.79 Å². The van der Waals surface area contributed by atoms with Crippen LogP contribution in [0, 0.1) is 0 Å². The van der Waals surface area contributed by atoms with Crippen molar-refractivity contribution in [1.29, 1.82) is 0 Å². The fraction of sp³-hybridized carbons (Fsp3) is 0.167. The normalized spacial score (nSPS) is 9.33. The van der Waals surface area contributed by atoms with Gasteiger partial charge in [-0.05, 0) is 12.2 Å². The van der Waals surface area contributed by atoms with Crippen LogP contribution < -0.4 is 5.32 Å². The van der Waals surface area contributed by atoms with Crippen LogP contribution in [0.15, 0.2) is 25.0 Å². The molecule has 0 fully saturated rings. The highest BCUT2D eigenvalue weighted by molar-refractivity contribution is 5.86. The van der Waals surface area contributed by atoms with E-state index >= 15 is 0 Å². The van der Waals surface area contributed by atoms with Crippen LogP contribution >= 0.6 is 0 Å². The lowest BCUT2D eigenvalue weighted by atomic mass is 10.5. The van der Waals surface area contributed by atoms with E-state index in [1.54, 1.807) is 0 Å². The van der Waals surface area contributed by atoms with Gasteiger partial charge in [0.25, 0.3) is 0 Å². The molecule has 50 valence electrons. The summed E-state index contributed by atoms with van der Waals surface area (Å²) in [4.78, 5) is 10.3. The third kappa shape index (κ3) is 4.61. The average molecular weight is 127 g/mol. The van der Waals surface area contributed by atoms with Crippen molar-refractivity contribution < 1.29 is 9.90 Å². The largest absolute Gasteiger partial charge is 0.516 e. The van der Waals surface area contributed by atoms with Crippen molar-refractivity contribution >= 4 is 5.91 Å². The zero-order valence-corrected chi connectivity index (χ0v) is 5.00. The predicted octanol–water partition coefficient (Wildman–Crippen LogP) is 0.360. The molecule has 0 heterocycles. The smallest absolute Gasteiger partial charge is 0.243 e. The summed E-state index contributed by atoms with van der Waals surface area (Å²) in [5, 5.41) is 10.5. The van der Waals surface area contributed by atoms with Gasteiger partial charge >= 0.3 is 0 Å². The topological polar surface area (TPSA) is 49.3 Å². The molecule has 0 atom stereocenters. The number of amides is 1. The molecule has 2 N–H and O–H groups in total. The number of hydrogen-bond donors (Lipinski definition) is 2. The SMILES string of the molecule is C=CC(=O)NCC=CO. The van der Waals surface area contributed by atoms with Crippen LogP contribution in [0.25, 0.3) is 0 Å². The summed E-state index contributed by atoms with van der Waals surface area (Å²) in [5.74, 6) is -0.242. The minimum atomic E-state index is -0.242. The number of aliphatic hydroxyl groups excluding tert-OH is 1. The summed E-state index contributed by atoms with van der Waals surface area (Å²) < 4.78 is 0. The summed E-state index contributed by atoms with van der Waals surface area (Å²) in [5.41, 5.74) is 0. The zero-order chi connectivity index (χ0) is 7.11. The second-order valence-electron chi connectivity index (χ2n) is 1.33. The van der Waals surface area contributed by atoms with Gasteiger partial charge in [-0.25, -0.2) is 0 Å². The first kappa shape index (κ1) is 7.75. The lowest BCUT2D eigenvalue weighted by molar-refractivity contribution is -0.116. The number of hydrogen-bond acceptors (Lipinski definition) is 2. The fourth-order valence-electron chi connectivity index (χ4n) is 0.284. The van der Waals surface area contributed by atoms with Crippen molar-refractivity contribution in [1.82, 2.24) is 5.32 Å². The van der Waals surface area contributed by atoms with Gasteiger partial charge in [-0.3, -0.25) is 4.79 Å². The molecule has 0 unspecified atom stereocenters. The molecule has 0 bridgehead atoms. The molecule has 0 aliphatic heterocycles. The molecule has 3 heteroatoms. The summed E-state index contributed by atoms with van der Waals surface area (Å²) in [6.45, 7) is 3.58. The molecule has 0 aliphatic rings. The van der Waals surface area contributed by atoms with Crippen LogP contribution in [0.2, 0.25) is 0 Å². The van der Waals surface area contributed by atoms with Gasteiger partial charge in [0.15, 0.2) is 0 Å². The summed E-state index contributed by atoms with van der Waals surface area (Å²) in [6, 6.07) is 0. The second kappa shape index (κ2) is 4.90. The van der Waals surface area contributed by atoms with Crippen LogP contribution in [0.4, 0.5) is 0 Å². The molecular formula is C6H9NO2. The third-order valence-corrected chi connectivity index (χ3v) is 0.685. The molecule has 0 aliphatic carbocycles. The molecule has 1 amide bonds. The van der Waals surface area contributed by atoms with Crippen molar-refractivity contribution in [2.45, 2.75) is 0 Å². The number of carbonyl (C=O) groups is 1. The zero-order valence-electron chi connectivity index (χ0n) is 5.00. The minimum absolute atomic E-state index is 0.242. The first-order chi connectivity index (χ1) is 4.31. The Kier molecular flexibility index (Phi) is 4.22. The molecule has 0 saturated carbocycles. The van der Waals surface area contributed by atoms with Crippen molar-refractivity contribution in [3.63, 3.8) is 0 Å². The Balaban J connectivity index is 3.27. The highest BCUT2D eigenvalue weighted by Crippen LogP contribution is 1.67. The Morgan fingerprint density at radius 2 is 2.44 bits per heavy atom. The number of nitrogens with one attached hydrogen (secondary N) is 1. The van der Waals surface area contributed by atoms with E-state index in [4.69, 9.17) is 5.11 Å². The van der Waals surface area contributed by atoms with Gasteiger partial charge in [-0.15, -0.1) is 0 Å². The lowest BCUT2D eigenvalue weighted by Gasteiger charge is -1.92. The maximum atomic E-state index is 10.3. The first-order valence-corrected chi connectivity index (χ1v) is 2.50. The Morgan fingerprint density at radius 1 is 1.78 bits per heavy atom. The van der Waals surface area contributed by atoms with Crippen LogP contribution in [-0.4, -0.2) is 17.6 Å². The van der Waals surface area contributed by atoms with Crippen LogP contribution in [0.1, 0.15) is 0 Å². The third-order valence-electron chi connectivity index (χ3n) is 0.685. The van der Waals surface area contributed by atoms with Gasteiger partial charge in [0.1, 0.15) is 0 Å². The monoisotopic (exact) mass is 127 g/mol. The summed E-state index contributed by atoms with van der Waals surface area (Å²) in [7, 11) is 0. The molecule has 0 aromatic carbocycles. The minimum Gasteiger partial charge on any atom is -0.516 e. The van der Waals surface area contributed by atoms with E-state index in [-0.39, 0.29) is 5.91 Å². The summed E-state index contributed by atoms with van der Waals surface area (Å²) >= 11 is 0. The van der Waals surface area contributed by atoms with Gasteiger partial charge < -0.3 is 10.4 Å². The molecule has 0 radical (unpaired) electrons. The van der Waals surface area contributed by atoms with E-state index in [1.165, 1.54) is 12.2 Å². The molecule has 0 aromatic rings. The predicted molar refractivity (Wildman–Crippen MR) is 35.0 cm³/mol. The van der Waals surface area contributed by atoms with Crippen molar-refractivity contribution in [3.05, 3.63) is 25.0 Å². The van der Waals surface area contributed by atoms with E-state index in [0.717, 1.165) is 6.26 Å². The quantitative estimate of drug-likeness (QED) is 0.425. The molecule has 3 nitrogen and oxygen atoms in total. The van der Waals surface area contributed by atoms with Crippen LogP contribution in [0.3, 0.4) is 0 Å². The molecule has 0 aromatic heterocycles. The van der Waals surface area contributed by atoms with Gasteiger partial charge in [0.05, 0.1) is 6.26 Å². The van der Waals surface area contributed by atoms with E-state index in [0.29, 0.717) is 6.54 Å². The van der Waals surface area contributed by atoms with E-state index in [2.05, 4.69) is 11.9 Å². The Bertz CT molecular complexity index is 129. The molecular weight excluding hydrogens is 118 g/mol. The Labute approximate surface area is 53.7 Å². The van der Waals surface area contributed by atoms with Gasteiger partial charge in [0, 0.05) is 6.54 Å². The van der Waals surface area contributed by atoms with Gasteiger partial charge in [0.2, 0.25) is 5.91 Å². The fourth-order valence-corrected chi connectivity index (χ4v) is 0.284. The number of rotatable bonds is 3. The summed E-state index contributed by atoms with van der Waals surface area (Å²) in [6.07, 6.45) is 3.47. The number of carbonyl (C=O) groups excluding carboxylic acids is 1. The Morgan fingerprint density at radius 3 is 2.89 bits per heavy atom. The standard InChI is InChI=1S/C6H9NO2/c1-2-6(9)7-4-3-5-8/h2-3,5,8H,1,4H2,(H,7,9). The van der Waals surface area contributed by atoms with Crippen molar-refractivity contribution in [2.75, 3.05) is 6.54 Å². The molecule has 9 heavy (non-hydrogen) atoms. The van der Waals surface area contributed by atoms with Crippen LogP contribution in [0.5, 0.6) is 0 Å². The maximum absolute atomic E-state index is 10.3. The van der Waals surface area contributed by atoms with Crippen molar-refractivity contribution in [2.24, 2.45) is 0 Å². The second-order valence-corrected chi connectivity index (χ2v) is 1.33. The molecule has 0 rings (SSSR count). The highest BCUT2D eigenvalue weighted by Gasteiger charge is 1.86. The van der Waals surface area contributed by atoms with Gasteiger partial charge in [-0.2, -0.15) is 0 Å². The van der Waals surface area contributed by atoms with Crippen molar-refractivity contribution in [3.8, 4) is 0 Å². The number of aliphatic hydroxyl groups is 1. The lowest BCUT2D eigenvalue weighted by Crippen LogP contribution is -2.20. The molecule has 0 saturated heterocycles. The highest BCUT2D eigenvalue weighted by atomic mass is 16.2. The van der Waals surface area contributed by atoms with E-state index in [1.807, 2.05) is 0 Å². The average Bonchev–Trinajstić information content (AvgIpc) is 1.89. The van der Waals surface area contributed by atoms with Crippen LogP contribution in [-0.2, 0) is 4.79 Å².